The van der Waals surface area contributed by atoms with Gasteiger partial charge in [0, 0.05) is 22.4 Å². The van der Waals surface area contributed by atoms with Crippen LogP contribution in [0.25, 0.3) is 11.5 Å². The lowest BCUT2D eigenvalue weighted by Gasteiger charge is -2.06. The van der Waals surface area contributed by atoms with Crippen LogP contribution in [-0.2, 0) is 5.75 Å². The largest absolute Gasteiger partial charge is 0.420 e. The van der Waals surface area contributed by atoms with Crippen LogP contribution in [0.2, 0.25) is 5.02 Å². The Kier molecular flexibility index (Phi) is 5.24. The summed E-state index contributed by atoms with van der Waals surface area (Å²) >= 11 is 7.52. The first-order chi connectivity index (χ1) is 9.19. The number of hydrogen-bond donors (Lipinski definition) is 1. The van der Waals surface area contributed by atoms with Crippen LogP contribution in [0, 0.1) is 0 Å². The lowest BCUT2D eigenvalue weighted by Crippen LogP contribution is -1.99. The Morgan fingerprint density at radius 3 is 2.74 bits per heavy atom. The number of rotatable bonds is 6. The zero-order valence-corrected chi connectivity index (χ0v) is 12.1. The summed E-state index contributed by atoms with van der Waals surface area (Å²) in [6, 6.07) is 7.28. The Labute approximate surface area is 121 Å². The summed E-state index contributed by atoms with van der Waals surface area (Å²) in [5, 5.41) is 17.9. The molecule has 0 spiro atoms. The van der Waals surface area contributed by atoms with E-state index in [9.17, 15) is 0 Å². The molecule has 1 aromatic heterocycles. The van der Waals surface area contributed by atoms with Crippen LogP contribution in [0.5, 0.6) is 0 Å². The zero-order valence-electron chi connectivity index (χ0n) is 10.5. The molecule has 0 aliphatic heterocycles. The third-order valence-corrected chi connectivity index (χ3v) is 4.06. The summed E-state index contributed by atoms with van der Waals surface area (Å²) in [7, 11) is 0. The standard InChI is InChI=1S/C13H15ClN2O2S/c1-9(6-7-17)19-8-12-15-16-13(18-12)10-2-4-11(14)5-3-10/h2-5,9,17H,6-8H2,1H3. The molecule has 0 amide bonds. The second-order valence-electron chi connectivity index (χ2n) is 4.14. The maximum atomic E-state index is 8.83. The Hall–Kier alpha value is -1.04. The molecule has 2 rings (SSSR count). The van der Waals surface area contributed by atoms with E-state index >= 15 is 0 Å². The quantitative estimate of drug-likeness (QED) is 0.886. The van der Waals surface area contributed by atoms with Gasteiger partial charge in [0.1, 0.15) is 0 Å². The van der Waals surface area contributed by atoms with Gasteiger partial charge in [-0.05, 0) is 30.7 Å². The van der Waals surface area contributed by atoms with Crippen molar-refractivity contribution in [3.63, 3.8) is 0 Å². The summed E-state index contributed by atoms with van der Waals surface area (Å²) in [5.41, 5.74) is 0.858. The smallest absolute Gasteiger partial charge is 0.247 e. The molecule has 0 aliphatic rings. The third kappa shape index (κ3) is 4.23. The van der Waals surface area contributed by atoms with E-state index in [2.05, 4.69) is 17.1 Å². The van der Waals surface area contributed by atoms with Crippen molar-refractivity contribution < 1.29 is 9.52 Å². The molecule has 1 unspecified atom stereocenters. The number of benzene rings is 1. The monoisotopic (exact) mass is 298 g/mol. The molecule has 0 radical (unpaired) electrons. The van der Waals surface area contributed by atoms with E-state index in [-0.39, 0.29) is 6.61 Å². The molecule has 4 nitrogen and oxygen atoms in total. The molecule has 1 N–H and O–H groups in total. The lowest BCUT2D eigenvalue weighted by atomic mass is 10.2. The molecule has 1 heterocycles. The van der Waals surface area contributed by atoms with Gasteiger partial charge in [0.15, 0.2) is 0 Å². The van der Waals surface area contributed by atoms with E-state index in [0.717, 1.165) is 12.0 Å². The molecule has 0 fully saturated rings. The molecule has 6 heteroatoms. The van der Waals surface area contributed by atoms with Crippen molar-refractivity contribution in [3.05, 3.63) is 35.2 Å². The fourth-order valence-electron chi connectivity index (χ4n) is 1.50. The maximum absolute atomic E-state index is 8.83. The third-order valence-electron chi connectivity index (χ3n) is 2.58. The van der Waals surface area contributed by atoms with Crippen LogP contribution in [0.3, 0.4) is 0 Å². The second kappa shape index (κ2) is 6.93. The average molecular weight is 299 g/mol. The number of hydrogen-bond acceptors (Lipinski definition) is 5. The molecule has 0 saturated carbocycles. The molecule has 0 bridgehead atoms. The van der Waals surface area contributed by atoms with Crippen molar-refractivity contribution in [1.29, 1.82) is 0 Å². The molecular formula is C13H15ClN2O2S. The predicted octanol–water partition coefficient (Wildman–Crippen LogP) is 3.39. The minimum Gasteiger partial charge on any atom is -0.420 e. The predicted molar refractivity (Wildman–Crippen MR) is 77.2 cm³/mol. The fraction of sp³-hybridized carbons (Fsp3) is 0.385. The topological polar surface area (TPSA) is 59.2 Å². The molecule has 19 heavy (non-hydrogen) atoms. The van der Waals surface area contributed by atoms with Gasteiger partial charge in [-0.2, -0.15) is 0 Å². The van der Waals surface area contributed by atoms with Gasteiger partial charge in [-0.1, -0.05) is 18.5 Å². The summed E-state index contributed by atoms with van der Waals surface area (Å²) in [6.07, 6.45) is 0.767. The number of thioether (sulfide) groups is 1. The van der Waals surface area contributed by atoms with Crippen LogP contribution >= 0.6 is 23.4 Å². The van der Waals surface area contributed by atoms with Crippen molar-refractivity contribution >= 4 is 23.4 Å². The minimum absolute atomic E-state index is 0.202. The van der Waals surface area contributed by atoms with Gasteiger partial charge in [0.05, 0.1) is 5.75 Å². The Morgan fingerprint density at radius 2 is 2.05 bits per heavy atom. The number of halogens is 1. The van der Waals surface area contributed by atoms with Gasteiger partial charge >= 0.3 is 0 Å². The average Bonchev–Trinajstić information content (AvgIpc) is 2.86. The van der Waals surface area contributed by atoms with Gasteiger partial charge in [0.2, 0.25) is 11.8 Å². The summed E-state index contributed by atoms with van der Waals surface area (Å²) in [4.78, 5) is 0. The normalized spacial score (nSPS) is 12.6. The first-order valence-corrected chi connectivity index (χ1v) is 7.42. The van der Waals surface area contributed by atoms with E-state index in [1.807, 2.05) is 12.1 Å². The minimum atomic E-state index is 0.202. The molecule has 1 aromatic carbocycles. The van der Waals surface area contributed by atoms with E-state index < -0.39 is 0 Å². The van der Waals surface area contributed by atoms with Gasteiger partial charge in [-0.15, -0.1) is 22.0 Å². The first-order valence-electron chi connectivity index (χ1n) is 6.00. The van der Waals surface area contributed by atoms with Crippen LogP contribution < -0.4 is 0 Å². The Bertz CT molecular complexity index is 516. The van der Waals surface area contributed by atoms with Crippen LogP contribution in [0.15, 0.2) is 28.7 Å². The van der Waals surface area contributed by atoms with Gasteiger partial charge in [0.25, 0.3) is 0 Å². The van der Waals surface area contributed by atoms with Gasteiger partial charge in [-0.25, -0.2) is 0 Å². The van der Waals surface area contributed by atoms with E-state index in [0.29, 0.717) is 27.8 Å². The highest BCUT2D eigenvalue weighted by atomic mass is 35.5. The number of aliphatic hydroxyl groups is 1. The maximum Gasteiger partial charge on any atom is 0.247 e. The number of nitrogens with zero attached hydrogens (tertiary/aromatic N) is 2. The Balaban J connectivity index is 1.97. The number of aliphatic hydroxyl groups excluding tert-OH is 1. The lowest BCUT2D eigenvalue weighted by molar-refractivity contribution is 0.289. The van der Waals surface area contributed by atoms with E-state index in [1.54, 1.807) is 23.9 Å². The second-order valence-corrected chi connectivity index (χ2v) is 6.00. The molecule has 0 aliphatic carbocycles. The molecule has 2 aromatic rings. The van der Waals surface area contributed by atoms with Crippen molar-refractivity contribution in [1.82, 2.24) is 10.2 Å². The van der Waals surface area contributed by atoms with E-state index in [4.69, 9.17) is 21.1 Å². The molecule has 102 valence electrons. The van der Waals surface area contributed by atoms with Crippen LogP contribution in [-0.4, -0.2) is 27.2 Å². The van der Waals surface area contributed by atoms with Crippen molar-refractivity contribution in [2.45, 2.75) is 24.3 Å². The molecule has 1 atom stereocenters. The van der Waals surface area contributed by atoms with Crippen LogP contribution in [0.1, 0.15) is 19.2 Å². The first kappa shape index (κ1) is 14.4. The highest BCUT2D eigenvalue weighted by Gasteiger charge is 2.10. The van der Waals surface area contributed by atoms with Crippen molar-refractivity contribution in [2.75, 3.05) is 6.61 Å². The highest BCUT2D eigenvalue weighted by molar-refractivity contribution is 7.99. The molecular weight excluding hydrogens is 284 g/mol. The zero-order chi connectivity index (χ0) is 13.7. The van der Waals surface area contributed by atoms with Crippen molar-refractivity contribution in [2.24, 2.45) is 0 Å². The fourth-order valence-corrected chi connectivity index (χ4v) is 2.44. The van der Waals surface area contributed by atoms with Gasteiger partial charge < -0.3 is 9.52 Å². The number of aromatic nitrogens is 2. The van der Waals surface area contributed by atoms with E-state index in [1.165, 1.54) is 0 Å². The summed E-state index contributed by atoms with van der Waals surface area (Å²) in [5.74, 6) is 1.75. The SMILES string of the molecule is CC(CCO)SCc1nnc(-c2ccc(Cl)cc2)o1. The highest BCUT2D eigenvalue weighted by Crippen LogP contribution is 2.23. The van der Waals surface area contributed by atoms with Crippen molar-refractivity contribution in [3.8, 4) is 11.5 Å². The Morgan fingerprint density at radius 1 is 1.32 bits per heavy atom. The van der Waals surface area contributed by atoms with Gasteiger partial charge in [-0.3, -0.25) is 0 Å². The summed E-state index contributed by atoms with van der Waals surface area (Å²) < 4.78 is 5.59. The molecule has 0 saturated heterocycles. The summed E-state index contributed by atoms with van der Waals surface area (Å²) in [6.45, 7) is 2.27. The van der Waals surface area contributed by atoms with Crippen LogP contribution in [0.4, 0.5) is 0 Å².